The van der Waals surface area contributed by atoms with Gasteiger partial charge < -0.3 is 24.4 Å². The van der Waals surface area contributed by atoms with E-state index in [-0.39, 0.29) is 29.9 Å². The SMILES string of the molecule is COc1cc(NC(=O)C2CCCCC2)c(C(=O)OCC(=O)N2CCCC2)cc1OC. The predicted octanol–water partition coefficient (Wildman–Crippen LogP) is 3.00. The Morgan fingerprint density at radius 3 is 2.23 bits per heavy atom. The first-order valence-corrected chi connectivity index (χ1v) is 10.5. The summed E-state index contributed by atoms with van der Waals surface area (Å²) < 4.78 is 15.9. The number of amides is 2. The Bertz CT molecular complexity index is 782. The molecule has 3 rings (SSSR count). The number of methoxy groups -OCH3 is 2. The molecule has 1 saturated heterocycles. The summed E-state index contributed by atoms with van der Waals surface area (Å²) in [6.07, 6.45) is 6.80. The maximum Gasteiger partial charge on any atom is 0.340 e. The second kappa shape index (κ2) is 10.3. The number of nitrogens with one attached hydrogen (secondary N) is 1. The van der Waals surface area contributed by atoms with E-state index in [1.807, 2.05) is 0 Å². The van der Waals surface area contributed by atoms with Crippen LogP contribution in [0.1, 0.15) is 55.3 Å². The van der Waals surface area contributed by atoms with Crippen LogP contribution < -0.4 is 14.8 Å². The minimum atomic E-state index is -0.692. The summed E-state index contributed by atoms with van der Waals surface area (Å²) in [5, 5.41) is 2.86. The van der Waals surface area contributed by atoms with E-state index in [9.17, 15) is 14.4 Å². The molecule has 1 aromatic rings. The normalized spacial score (nSPS) is 16.8. The van der Waals surface area contributed by atoms with Crippen LogP contribution in [0.15, 0.2) is 12.1 Å². The molecule has 0 unspecified atom stereocenters. The first-order chi connectivity index (χ1) is 14.5. The van der Waals surface area contributed by atoms with E-state index in [4.69, 9.17) is 14.2 Å². The topological polar surface area (TPSA) is 94.2 Å². The molecule has 1 aromatic carbocycles. The molecule has 1 aliphatic heterocycles. The summed E-state index contributed by atoms with van der Waals surface area (Å²) in [4.78, 5) is 39.4. The number of hydrogen-bond donors (Lipinski definition) is 1. The molecule has 2 amide bonds. The second-order valence-corrected chi connectivity index (χ2v) is 7.74. The van der Waals surface area contributed by atoms with Gasteiger partial charge in [0.25, 0.3) is 5.91 Å². The molecular formula is C22H30N2O6. The monoisotopic (exact) mass is 418 g/mol. The zero-order valence-electron chi connectivity index (χ0n) is 17.7. The van der Waals surface area contributed by atoms with Gasteiger partial charge in [-0.3, -0.25) is 9.59 Å². The summed E-state index contributed by atoms with van der Waals surface area (Å²) in [7, 11) is 2.95. The van der Waals surface area contributed by atoms with Crippen molar-refractivity contribution >= 4 is 23.5 Å². The van der Waals surface area contributed by atoms with Crippen molar-refractivity contribution in [3.63, 3.8) is 0 Å². The lowest BCUT2D eigenvalue weighted by atomic mass is 9.88. The quantitative estimate of drug-likeness (QED) is 0.684. The van der Waals surface area contributed by atoms with Gasteiger partial charge in [0.2, 0.25) is 5.91 Å². The number of rotatable bonds is 7. The minimum Gasteiger partial charge on any atom is -0.493 e. The van der Waals surface area contributed by atoms with Crippen molar-refractivity contribution in [1.29, 1.82) is 0 Å². The standard InChI is InChI=1S/C22H30N2O6/c1-28-18-12-16(22(27)30-14-20(25)24-10-6-7-11-24)17(13-19(18)29-2)23-21(26)15-8-4-3-5-9-15/h12-13,15H,3-11,14H2,1-2H3,(H,23,26). The Morgan fingerprint density at radius 2 is 1.60 bits per heavy atom. The molecule has 1 aliphatic carbocycles. The molecule has 0 aromatic heterocycles. The van der Waals surface area contributed by atoms with Crippen molar-refractivity contribution in [2.75, 3.05) is 39.2 Å². The molecule has 2 aliphatic rings. The summed E-state index contributed by atoms with van der Waals surface area (Å²) in [5.41, 5.74) is 0.424. The summed E-state index contributed by atoms with van der Waals surface area (Å²) in [5.74, 6) is -0.375. The van der Waals surface area contributed by atoms with Crippen LogP contribution in [0.3, 0.4) is 0 Å². The number of ether oxygens (including phenoxy) is 3. The number of carbonyl (C=O) groups excluding carboxylic acids is 3. The highest BCUT2D eigenvalue weighted by molar-refractivity contribution is 6.03. The van der Waals surface area contributed by atoms with E-state index >= 15 is 0 Å². The first-order valence-electron chi connectivity index (χ1n) is 10.5. The second-order valence-electron chi connectivity index (χ2n) is 7.74. The third-order valence-corrected chi connectivity index (χ3v) is 5.76. The van der Waals surface area contributed by atoms with Gasteiger partial charge in [0, 0.05) is 31.1 Å². The molecule has 0 spiro atoms. The molecule has 8 nitrogen and oxygen atoms in total. The highest BCUT2D eigenvalue weighted by Gasteiger charge is 2.26. The van der Waals surface area contributed by atoms with Gasteiger partial charge in [-0.25, -0.2) is 4.79 Å². The fraction of sp³-hybridized carbons (Fsp3) is 0.591. The molecule has 2 fully saturated rings. The fourth-order valence-corrected chi connectivity index (χ4v) is 4.01. The third kappa shape index (κ3) is 5.23. The molecule has 164 valence electrons. The maximum atomic E-state index is 12.8. The van der Waals surface area contributed by atoms with E-state index in [1.165, 1.54) is 20.3 Å². The van der Waals surface area contributed by atoms with Crippen molar-refractivity contribution in [3.05, 3.63) is 17.7 Å². The van der Waals surface area contributed by atoms with E-state index in [2.05, 4.69) is 5.32 Å². The largest absolute Gasteiger partial charge is 0.493 e. The smallest absolute Gasteiger partial charge is 0.340 e. The lowest BCUT2D eigenvalue weighted by molar-refractivity contribution is -0.133. The average molecular weight is 418 g/mol. The van der Waals surface area contributed by atoms with Crippen molar-refractivity contribution in [3.8, 4) is 11.5 Å². The van der Waals surface area contributed by atoms with Gasteiger partial charge in [0.05, 0.1) is 25.5 Å². The molecular weight excluding hydrogens is 388 g/mol. The Kier molecular flexibility index (Phi) is 7.54. The lowest BCUT2D eigenvalue weighted by Crippen LogP contribution is -2.32. The molecule has 0 radical (unpaired) electrons. The predicted molar refractivity (Wildman–Crippen MR) is 111 cm³/mol. The average Bonchev–Trinajstić information content (AvgIpc) is 3.32. The van der Waals surface area contributed by atoms with E-state index < -0.39 is 5.97 Å². The van der Waals surface area contributed by atoms with Crippen LogP contribution in [0.5, 0.6) is 11.5 Å². The Balaban J connectivity index is 1.76. The van der Waals surface area contributed by atoms with Gasteiger partial charge in [-0.1, -0.05) is 19.3 Å². The maximum absolute atomic E-state index is 12.8. The number of nitrogens with zero attached hydrogens (tertiary/aromatic N) is 1. The lowest BCUT2D eigenvalue weighted by Gasteiger charge is -2.22. The molecule has 0 bridgehead atoms. The van der Waals surface area contributed by atoms with E-state index in [0.29, 0.717) is 30.3 Å². The number of anilines is 1. The number of benzene rings is 1. The zero-order chi connectivity index (χ0) is 21.5. The summed E-state index contributed by atoms with van der Waals surface area (Å²) in [6, 6.07) is 3.02. The molecule has 0 atom stereocenters. The highest BCUT2D eigenvalue weighted by Crippen LogP contribution is 2.35. The van der Waals surface area contributed by atoms with Crippen molar-refractivity contribution in [2.45, 2.75) is 44.9 Å². The van der Waals surface area contributed by atoms with Crippen molar-refractivity contribution in [1.82, 2.24) is 4.90 Å². The highest BCUT2D eigenvalue weighted by atomic mass is 16.5. The van der Waals surface area contributed by atoms with Gasteiger partial charge in [-0.15, -0.1) is 0 Å². The fourth-order valence-electron chi connectivity index (χ4n) is 4.01. The molecule has 1 heterocycles. The van der Waals surface area contributed by atoms with Crippen LogP contribution >= 0.6 is 0 Å². The van der Waals surface area contributed by atoms with Gasteiger partial charge in [-0.05, 0) is 25.7 Å². The summed E-state index contributed by atoms with van der Waals surface area (Å²) >= 11 is 0. The van der Waals surface area contributed by atoms with Gasteiger partial charge in [0.15, 0.2) is 18.1 Å². The van der Waals surface area contributed by atoms with Crippen LogP contribution in [0, 0.1) is 5.92 Å². The number of hydrogen-bond acceptors (Lipinski definition) is 6. The van der Waals surface area contributed by atoms with E-state index in [0.717, 1.165) is 44.9 Å². The van der Waals surface area contributed by atoms with Crippen LogP contribution in [-0.2, 0) is 14.3 Å². The molecule has 1 saturated carbocycles. The zero-order valence-corrected chi connectivity index (χ0v) is 17.7. The van der Waals surface area contributed by atoms with Crippen LogP contribution in [0.4, 0.5) is 5.69 Å². The van der Waals surface area contributed by atoms with Crippen LogP contribution in [0.25, 0.3) is 0 Å². The Morgan fingerprint density at radius 1 is 0.967 bits per heavy atom. The van der Waals surface area contributed by atoms with Crippen LogP contribution in [-0.4, -0.2) is 56.6 Å². The minimum absolute atomic E-state index is 0.0764. The summed E-state index contributed by atoms with van der Waals surface area (Å²) in [6.45, 7) is 1.05. The number of esters is 1. The van der Waals surface area contributed by atoms with Crippen molar-refractivity contribution in [2.24, 2.45) is 5.92 Å². The molecule has 1 N–H and O–H groups in total. The van der Waals surface area contributed by atoms with Crippen LogP contribution in [0.2, 0.25) is 0 Å². The Hall–Kier alpha value is -2.77. The molecule has 8 heteroatoms. The number of carbonyl (C=O) groups is 3. The number of likely N-dealkylation sites (tertiary alicyclic amines) is 1. The van der Waals surface area contributed by atoms with Gasteiger partial charge in [-0.2, -0.15) is 0 Å². The Labute approximate surface area is 176 Å². The molecule has 30 heavy (non-hydrogen) atoms. The van der Waals surface area contributed by atoms with Crippen molar-refractivity contribution < 1.29 is 28.6 Å². The van der Waals surface area contributed by atoms with Gasteiger partial charge >= 0.3 is 5.97 Å². The van der Waals surface area contributed by atoms with Gasteiger partial charge in [0.1, 0.15) is 0 Å². The third-order valence-electron chi connectivity index (χ3n) is 5.76. The first kappa shape index (κ1) is 21.9. The van der Waals surface area contributed by atoms with E-state index in [1.54, 1.807) is 11.0 Å².